The molecule has 16 nitrogen and oxygen atoms in total. The predicted molar refractivity (Wildman–Crippen MR) is 240 cm³/mol. The predicted octanol–water partition coefficient (Wildman–Crippen LogP) is 7.05. The van der Waals surface area contributed by atoms with E-state index in [-0.39, 0.29) is 47.8 Å². The fourth-order valence-electron chi connectivity index (χ4n) is 11.3. The number of likely N-dealkylation sites (tertiary alicyclic amines) is 2. The number of aromatic nitrogens is 4. The molecule has 2 aromatic heterocycles. The van der Waals surface area contributed by atoms with E-state index >= 15 is 0 Å². The number of halogens is 1. The van der Waals surface area contributed by atoms with E-state index in [1.807, 2.05) is 28.0 Å². The molecular formula is C48H53ClN8O8. The molecule has 17 heteroatoms. The smallest absolute Gasteiger partial charge is 0.407 e. The van der Waals surface area contributed by atoms with Gasteiger partial charge in [-0.05, 0) is 104 Å². The quantitative estimate of drug-likeness (QED) is 0.113. The standard InChI is InChI=1S/C48H53ClN8O8/c1-62-47(60)53-39(26-11-15-64-16-12-26)45(58)56-34-20-30(34)22-36(56)43-50-33-10-8-29-19-28(7-9-32(29)41(33)52-43)24-3-5-25(6-4-24)38-42(49)55-44(51-38)37-23-31-21-35(31)57(37)46(59)40(54-48(61)63-2)27-13-17-65-18-14-27/h3-10,19,26-27,30-31,34-37,39-40H,11-18,20-23H2,1-2H3,(H,50,52)(H,51,55)(H,53,60)(H,54,61)/t30-,31-,34-,35-,36+,37+,39+,40+/m1/s1. The van der Waals surface area contributed by atoms with Crippen molar-refractivity contribution in [3.63, 3.8) is 0 Å². The molecule has 6 heterocycles. The van der Waals surface area contributed by atoms with Gasteiger partial charge in [-0.3, -0.25) is 9.59 Å². The Morgan fingerprint density at radius 1 is 0.677 bits per heavy atom. The highest BCUT2D eigenvalue weighted by molar-refractivity contribution is 6.32. The van der Waals surface area contributed by atoms with E-state index in [0.717, 1.165) is 70.0 Å². The van der Waals surface area contributed by atoms with Crippen molar-refractivity contribution in [2.75, 3.05) is 40.6 Å². The molecule has 5 aromatic rings. The van der Waals surface area contributed by atoms with Crippen LogP contribution in [0, 0.1) is 23.7 Å². The molecule has 65 heavy (non-hydrogen) atoms. The number of benzene rings is 3. The van der Waals surface area contributed by atoms with Gasteiger partial charge in [-0.15, -0.1) is 0 Å². The zero-order valence-electron chi connectivity index (χ0n) is 36.4. The third-order valence-electron chi connectivity index (χ3n) is 14.9. The number of alkyl carbamates (subject to hydrolysis) is 2. The third kappa shape index (κ3) is 7.76. The number of amides is 4. The second kappa shape index (κ2) is 16.9. The molecule has 2 aliphatic carbocycles. The van der Waals surface area contributed by atoms with Crippen LogP contribution in [0.3, 0.4) is 0 Å². The van der Waals surface area contributed by atoms with Gasteiger partial charge in [0.1, 0.15) is 34.6 Å². The summed E-state index contributed by atoms with van der Waals surface area (Å²) in [5.41, 5.74) is 5.28. The van der Waals surface area contributed by atoms with E-state index in [0.29, 0.717) is 80.6 Å². The minimum Gasteiger partial charge on any atom is -0.453 e. The van der Waals surface area contributed by atoms with E-state index in [4.69, 9.17) is 40.5 Å². The lowest BCUT2D eigenvalue weighted by atomic mass is 9.90. The maximum absolute atomic E-state index is 14.4. The molecule has 2 saturated carbocycles. The molecule has 340 valence electrons. The first-order chi connectivity index (χ1) is 31.7. The number of carbonyl (C=O) groups is 4. The highest BCUT2D eigenvalue weighted by Gasteiger charge is 2.58. The Labute approximate surface area is 380 Å². The molecule has 4 amide bonds. The lowest BCUT2D eigenvalue weighted by Crippen LogP contribution is -2.54. The zero-order chi connectivity index (χ0) is 44.5. The van der Waals surface area contributed by atoms with Crippen LogP contribution in [0.2, 0.25) is 5.15 Å². The van der Waals surface area contributed by atoms with E-state index in [1.54, 1.807) is 0 Å². The monoisotopic (exact) mass is 904 g/mol. The summed E-state index contributed by atoms with van der Waals surface area (Å²) in [6.45, 7) is 2.21. The summed E-state index contributed by atoms with van der Waals surface area (Å²) in [5, 5.41) is 8.16. The number of nitrogens with zero attached hydrogens (tertiary/aromatic N) is 4. The average molecular weight is 905 g/mol. The maximum Gasteiger partial charge on any atom is 0.407 e. The van der Waals surface area contributed by atoms with Crippen LogP contribution >= 0.6 is 11.6 Å². The molecule has 4 aliphatic heterocycles. The van der Waals surface area contributed by atoms with Crippen LogP contribution in [0.4, 0.5) is 9.59 Å². The SMILES string of the molecule is COC(=O)N[C@H](C(=O)N1[C@@H]2C[C@@H]2C[C@H]1c1nc(-c2ccc(-c3ccc4c(ccc5[nH]c([C@@H]6C[C@H]7C[C@H]7N6C(=O)[C@@H](NC(=O)OC)C6CCOCC6)nc54)c3)cc2)c(Cl)[nH]1)C1CCOCC1. The molecule has 6 aliphatic rings. The number of hydrogen-bond acceptors (Lipinski definition) is 10. The van der Waals surface area contributed by atoms with Crippen molar-refractivity contribution in [3.05, 3.63) is 71.4 Å². The summed E-state index contributed by atoms with van der Waals surface area (Å²) in [6, 6.07) is 17.0. The minimum atomic E-state index is -0.714. The third-order valence-corrected chi connectivity index (χ3v) is 15.2. The summed E-state index contributed by atoms with van der Waals surface area (Å²) in [4.78, 5) is 74.4. The first-order valence-electron chi connectivity index (χ1n) is 22.9. The largest absolute Gasteiger partial charge is 0.453 e. The Morgan fingerprint density at radius 2 is 1.20 bits per heavy atom. The molecule has 0 bridgehead atoms. The van der Waals surface area contributed by atoms with Crippen LogP contribution in [-0.4, -0.2) is 119 Å². The Hall–Kier alpha value is -5.71. The summed E-state index contributed by atoms with van der Waals surface area (Å²) < 4.78 is 21.0. The first kappa shape index (κ1) is 42.0. The Bertz CT molecular complexity index is 2660. The van der Waals surface area contributed by atoms with Crippen molar-refractivity contribution in [1.82, 2.24) is 40.4 Å². The van der Waals surface area contributed by atoms with E-state index < -0.39 is 24.3 Å². The number of nitrogens with one attached hydrogen (secondary N) is 4. The van der Waals surface area contributed by atoms with Crippen molar-refractivity contribution in [2.45, 2.75) is 87.6 Å². The van der Waals surface area contributed by atoms with Crippen LogP contribution in [-0.2, 0) is 28.5 Å². The van der Waals surface area contributed by atoms with Crippen molar-refractivity contribution in [1.29, 1.82) is 0 Å². The lowest BCUT2D eigenvalue weighted by Gasteiger charge is -2.35. The highest BCUT2D eigenvalue weighted by Crippen LogP contribution is 2.55. The molecule has 11 rings (SSSR count). The van der Waals surface area contributed by atoms with Gasteiger partial charge in [-0.25, -0.2) is 19.6 Å². The molecule has 6 fully saturated rings. The Kier molecular flexibility index (Phi) is 10.9. The van der Waals surface area contributed by atoms with E-state index in [1.165, 1.54) is 14.2 Å². The maximum atomic E-state index is 14.4. The fraction of sp³-hybridized carbons (Fsp3) is 0.500. The average Bonchev–Trinajstić information content (AvgIpc) is 4.02. The number of H-pyrrole nitrogens is 2. The van der Waals surface area contributed by atoms with Gasteiger partial charge < -0.3 is 49.3 Å². The van der Waals surface area contributed by atoms with Crippen molar-refractivity contribution in [2.24, 2.45) is 23.7 Å². The van der Waals surface area contributed by atoms with Crippen LogP contribution in [0.5, 0.6) is 0 Å². The van der Waals surface area contributed by atoms with Gasteiger partial charge in [0.05, 0.1) is 37.3 Å². The van der Waals surface area contributed by atoms with Crippen LogP contribution in [0.1, 0.15) is 75.1 Å². The molecule has 0 radical (unpaired) electrons. The Morgan fingerprint density at radius 3 is 1.75 bits per heavy atom. The molecule has 3 aromatic carbocycles. The number of imidazole rings is 2. The molecule has 4 N–H and O–H groups in total. The van der Waals surface area contributed by atoms with Gasteiger partial charge in [0.2, 0.25) is 11.8 Å². The Balaban J connectivity index is 0.815. The van der Waals surface area contributed by atoms with Crippen LogP contribution in [0.15, 0.2) is 54.6 Å². The van der Waals surface area contributed by atoms with Crippen LogP contribution in [0.25, 0.3) is 44.2 Å². The molecule has 0 spiro atoms. The van der Waals surface area contributed by atoms with E-state index in [9.17, 15) is 19.2 Å². The van der Waals surface area contributed by atoms with Gasteiger partial charge in [0, 0.05) is 49.5 Å². The van der Waals surface area contributed by atoms with Gasteiger partial charge in [0.25, 0.3) is 0 Å². The van der Waals surface area contributed by atoms with Crippen LogP contribution < -0.4 is 10.6 Å². The topological polar surface area (TPSA) is 193 Å². The fourth-order valence-corrected chi connectivity index (χ4v) is 11.5. The number of aromatic amines is 2. The molecule has 4 saturated heterocycles. The number of ether oxygens (including phenoxy) is 4. The lowest BCUT2D eigenvalue weighted by molar-refractivity contribution is -0.138. The van der Waals surface area contributed by atoms with Gasteiger partial charge >= 0.3 is 12.2 Å². The second-order valence-electron chi connectivity index (χ2n) is 18.6. The number of methoxy groups -OCH3 is 2. The summed E-state index contributed by atoms with van der Waals surface area (Å²) in [5.74, 6) is 1.91. The van der Waals surface area contributed by atoms with Gasteiger partial charge in [-0.2, -0.15) is 0 Å². The summed E-state index contributed by atoms with van der Waals surface area (Å²) in [7, 11) is 2.63. The number of carbonyl (C=O) groups excluding carboxylic acids is 4. The van der Waals surface area contributed by atoms with Crippen molar-refractivity contribution < 1.29 is 38.1 Å². The van der Waals surface area contributed by atoms with Gasteiger partial charge in [0.15, 0.2) is 0 Å². The first-order valence-corrected chi connectivity index (χ1v) is 23.3. The van der Waals surface area contributed by atoms with Crippen molar-refractivity contribution >= 4 is 57.4 Å². The zero-order valence-corrected chi connectivity index (χ0v) is 37.1. The number of hydrogen-bond donors (Lipinski definition) is 4. The summed E-state index contributed by atoms with van der Waals surface area (Å²) >= 11 is 6.86. The number of rotatable bonds is 10. The molecule has 8 atom stereocenters. The van der Waals surface area contributed by atoms with E-state index in [2.05, 4.69) is 57.0 Å². The number of fused-ring (bicyclic) bond motifs is 5. The van der Waals surface area contributed by atoms with Gasteiger partial charge in [-0.1, -0.05) is 54.1 Å². The molecular weight excluding hydrogens is 852 g/mol. The number of piperidine rings is 2. The second-order valence-corrected chi connectivity index (χ2v) is 19.0. The minimum absolute atomic E-state index is 0.0346. The molecule has 0 unspecified atom stereocenters. The highest BCUT2D eigenvalue weighted by atomic mass is 35.5. The van der Waals surface area contributed by atoms with Crippen molar-refractivity contribution in [3.8, 4) is 22.4 Å². The normalized spacial score (nSPS) is 26.1. The summed E-state index contributed by atoms with van der Waals surface area (Å²) in [6.07, 6.45) is 5.01.